The van der Waals surface area contributed by atoms with Gasteiger partial charge in [0.2, 0.25) is 5.91 Å². The molecule has 2 aliphatic heterocycles. The van der Waals surface area contributed by atoms with E-state index in [2.05, 4.69) is 0 Å². The fourth-order valence-electron chi connectivity index (χ4n) is 2.47. The Morgan fingerprint density at radius 2 is 1.84 bits per heavy atom. The lowest BCUT2D eigenvalue weighted by Gasteiger charge is -2.32. The second-order valence-corrected chi connectivity index (χ2v) is 8.32. The molecule has 6 nitrogen and oxygen atoms in total. The van der Waals surface area contributed by atoms with Crippen molar-refractivity contribution in [2.24, 2.45) is 0 Å². The normalized spacial score (nSPS) is 26.1. The Balaban J connectivity index is 2.12. The maximum atomic E-state index is 12.5. The number of carbonyl (C=O) groups excluding carboxylic acids is 1. The minimum atomic E-state index is -3.50. The Hall–Kier alpha value is -0.310. The average molecular weight is 307 g/mol. The summed E-state index contributed by atoms with van der Waals surface area (Å²) >= 11 is 1.84. The topological polar surface area (TPSA) is 60.9 Å². The summed E-state index contributed by atoms with van der Waals surface area (Å²) in [7, 11) is -0.482. The molecule has 19 heavy (non-hydrogen) atoms. The summed E-state index contributed by atoms with van der Waals surface area (Å²) in [5, 5.41) is 0. The zero-order valence-corrected chi connectivity index (χ0v) is 13.0. The highest BCUT2D eigenvalue weighted by atomic mass is 32.2. The zero-order valence-electron chi connectivity index (χ0n) is 11.4. The van der Waals surface area contributed by atoms with Crippen LogP contribution in [-0.4, -0.2) is 79.1 Å². The lowest BCUT2D eigenvalue weighted by molar-refractivity contribution is -0.134. The van der Waals surface area contributed by atoms with Crippen molar-refractivity contribution in [3.63, 3.8) is 0 Å². The number of nitrogens with zero attached hydrogens (tertiary/aromatic N) is 3. The van der Waals surface area contributed by atoms with Crippen LogP contribution in [-0.2, 0) is 15.0 Å². The highest BCUT2D eigenvalue weighted by Crippen LogP contribution is 2.24. The van der Waals surface area contributed by atoms with E-state index in [1.54, 1.807) is 0 Å². The third-order valence-corrected chi connectivity index (χ3v) is 6.46. The van der Waals surface area contributed by atoms with E-state index < -0.39 is 16.3 Å². The molecule has 110 valence electrons. The monoisotopic (exact) mass is 307 g/mol. The molecule has 2 aliphatic rings. The van der Waals surface area contributed by atoms with E-state index in [-0.39, 0.29) is 5.91 Å². The molecular weight excluding hydrogens is 286 g/mol. The van der Waals surface area contributed by atoms with Crippen LogP contribution in [0.2, 0.25) is 0 Å². The molecule has 0 saturated carbocycles. The third-order valence-electron chi connectivity index (χ3n) is 3.57. The van der Waals surface area contributed by atoms with Gasteiger partial charge in [-0.15, -0.1) is 0 Å². The number of rotatable bonds is 3. The molecule has 0 N–H and O–H groups in total. The molecule has 0 aromatic heterocycles. The Bertz CT molecular complexity index is 432. The fraction of sp³-hybridized carbons (Fsp3) is 0.909. The van der Waals surface area contributed by atoms with Crippen LogP contribution in [0.15, 0.2) is 0 Å². The summed E-state index contributed by atoms with van der Waals surface area (Å²) in [4.78, 5) is 14.3. The van der Waals surface area contributed by atoms with Crippen LogP contribution in [0, 0.1) is 0 Å². The molecule has 0 aliphatic carbocycles. The van der Waals surface area contributed by atoms with Gasteiger partial charge in [-0.1, -0.05) is 0 Å². The molecule has 1 amide bonds. The molecule has 2 heterocycles. The molecule has 0 radical (unpaired) electrons. The van der Waals surface area contributed by atoms with Gasteiger partial charge < -0.3 is 4.90 Å². The highest BCUT2D eigenvalue weighted by molar-refractivity contribution is 7.99. The average Bonchev–Trinajstić information content (AvgIpc) is 2.88. The van der Waals surface area contributed by atoms with E-state index in [1.807, 2.05) is 16.7 Å². The molecule has 1 atom stereocenters. The molecule has 2 rings (SSSR count). The van der Waals surface area contributed by atoms with Crippen LogP contribution in [0.25, 0.3) is 0 Å². The Labute approximate surface area is 119 Å². The summed E-state index contributed by atoms with van der Waals surface area (Å²) in [5.41, 5.74) is 0. The van der Waals surface area contributed by atoms with Crippen molar-refractivity contribution in [3.05, 3.63) is 0 Å². The number of hydrogen-bond donors (Lipinski definition) is 0. The van der Waals surface area contributed by atoms with Crippen LogP contribution in [0.3, 0.4) is 0 Å². The SMILES string of the molecule is CN(C)S(=O)(=O)N1CCC[C@H]1C(=O)N1CCSCC1. The predicted octanol–water partition coefficient (Wildman–Crippen LogP) is -0.167. The van der Waals surface area contributed by atoms with Crippen molar-refractivity contribution < 1.29 is 13.2 Å². The molecule has 0 unspecified atom stereocenters. The van der Waals surface area contributed by atoms with E-state index in [1.165, 1.54) is 22.7 Å². The van der Waals surface area contributed by atoms with E-state index >= 15 is 0 Å². The highest BCUT2D eigenvalue weighted by Gasteiger charge is 2.41. The molecule has 2 fully saturated rings. The van der Waals surface area contributed by atoms with Gasteiger partial charge in [0, 0.05) is 45.2 Å². The number of amides is 1. The van der Waals surface area contributed by atoms with E-state index in [0.29, 0.717) is 13.0 Å². The van der Waals surface area contributed by atoms with Crippen molar-refractivity contribution in [1.29, 1.82) is 0 Å². The van der Waals surface area contributed by atoms with Crippen LogP contribution >= 0.6 is 11.8 Å². The lowest BCUT2D eigenvalue weighted by Crippen LogP contribution is -2.52. The number of thioether (sulfide) groups is 1. The summed E-state index contributed by atoms with van der Waals surface area (Å²) in [6.07, 6.45) is 1.39. The minimum Gasteiger partial charge on any atom is -0.340 e. The van der Waals surface area contributed by atoms with Crippen LogP contribution < -0.4 is 0 Å². The molecule has 8 heteroatoms. The van der Waals surface area contributed by atoms with Crippen molar-refractivity contribution in [1.82, 2.24) is 13.5 Å². The van der Waals surface area contributed by atoms with Gasteiger partial charge in [0.05, 0.1) is 0 Å². The van der Waals surface area contributed by atoms with Gasteiger partial charge in [-0.25, -0.2) is 0 Å². The maximum absolute atomic E-state index is 12.5. The van der Waals surface area contributed by atoms with E-state index in [0.717, 1.165) is 31.0 Å². The summed E-state index contributed by atoms with van der Waals surface area (Å²) in [6.45, 7) is 1.91. The quantitative estimate of drug-likeness (QED) is 0.726. The first-order valence-electron chi connectivity index (χ1n) is 6.50. The summed E-state index contributed by atoms with van der Waals surface area (Å²) in [6, 6.07) is -0.504. The smallest absolute Gasteiger partial charge is 0.282 e. The Morgan fingerprint density at radius 1 is 1.21 bits per heavy atom. The summed E-state index contributed by atoms with van der Waals surface area (Å²) in [5.74, 6) is 1.86. The van der Waals surface area contributed by atoms with Crippen LogP contribution in [0.4, 0.5) is 0 Å². The van der Waals surface area contributed by atoms with Crippen molar-refractivity contribution in [3.8, 4) is 0 Å². The first-order valence-corrected chi connectivity index (χ1v) is 9.05. The third kappa shape index (κ3) is 3.07. The van der Waals surface area contributed by atoms with Crippen molar-refractivity contribution in [2.45, 2.75) is 18.9 Å². The number of hydrogen-bond acceptors (Lipinski definition) is 4. The maximum Gasteiger partial charge on any atom is 0.282 e. The lowest BCUT2D eigenvalue weighted by atomic mass is 10.2. The van der Waals surface area contributed by atoms with Crippen LogP contribution in [0.5, 0.6) is 0 Å². The Morgan fingerprint density at radius 3 is 2.42 bits per heavy atom. The van der Waals surface area contributed by atoms with E-state index in [9.17, 15) is 13.2 Å². The first kappa shape index (κ1) is 15.1. The number of carbonyl (C=O) groups is 1. The first-order chi connectivity index (χ1) is 8.94. The van der Waals surface area contributed by atoms with Gasteiger partial charge in [0.15, 0.2) is 0 Å². The minimum absolute atomic E-state index is 0.0248. The van der Waals surface area contributed by atoms with Gasteiger partial charge in [0.1, 0.15) is 6.04 Å². The molecular formula is C11H21N3O3S2. The van der Waals surface area contributed by atoms with Gasteiger partial charge in [-0.3, -0.25) is 4.79 Å². The molecule has 0 spiro atoms. The van der Waals surface area contributed by atoms with Gasteiger partial charge in [-0.2, -0.15) is 28.8 Å². The van der Waals surface area contributed by atoms with Crippen LogP contribution in [0.1, 0.15) is 12.8 Å². The Kier molecular flexibility index (Phi) is 4.75. The second kappa shape index (κ2) is 5.99. The zero-order chi connectivity index (χ0) is 14.0. The van der Waals surface area contributed by atoms with Gasteiger partial charge >= 0.3 is 0 Å². The van der Waals surface area contributed by atoms with E-state index in [4.69, 9.17) is 0 Å². The molecule has 2 saturated heterocycles. The van der Waals surface area contributed by atoms with Crippen molar-refractivity contribution >= 4 is 27.9 Å². The molecule has 0 aromatic carbocycles. The van der Waals surface area contributed by atoms with Crippen molar-refractivity contribution in [2.75, 3.05) is 45.2 Å². The largest absolute Gasteiger partial charge is 0.340 e. The van der Waals surface area contributed by atoms with Gasteiger partial charge in [-0.05, 0) is 12.8 Å². The van der Waals surface area contributed by atoms with Gasteiger partial charge in [0.25, 0.3) is 10.2 Å². The molecule has 0 bridgehead atoms. The molecule has 0 aromatic rings. The fourth-order valence-corrected chi connectivity index (χ4v) is 4.67. The summed E-state index contributed by atoms with van der Waals surface area (Å²) < 4.78 is 27.0. The standard InChI is InChI=1S/C11H21N3O3S2/c1-12(2)19(16,17)14-5-3-4-10(14)11(15)13-6-8-18-9-7-13/h10H,3-9H2,1-2H3/t10-/m0/s1. The second-order valence-electron chi connectivity index (χ2n) is 5.00. The predicted molar refractivity (Wildman–Crippen MR) is 76.2 cm³/mol.